The summed E-state index contributed by atoms with van der Waals surface area (Å²) in [5.41, 5.74) is 17.5. The third-order valence-corrected chi connectivity index (χ3v) is 14.6. The van der Waals surface area contributed by atoms with E-state index in [-0.39, 0.29) is 28.3 Å². The molecule has 0 bridgehead atoms. The maximum Gasteiger partial charge on any atom is 0.127 e. The van der Waals surface area contributed by atoms with Gasteiger partial charge in [-0.1, -0.05) is 124 Å². The molecule has 0 unspecified atom stereocenters. The molecule has 0 spiro atoms. The fraction of sp³-hybridized carbons (Fsp3) is 0.489. The molecule has 2 saturated carbocycles. The van der Waals surface area contributed by atoms with E-state index in [1.165, 1.54) is 97.3 Å². The van der Waals surface area contributed by atoms with Gasteiger partial charge < -0.3 is 15.2 Å². The topological polar surface area (TPSA) is 44.5 Å². The van der Waals surface area contributed by atoms with Crippen molar-refractivity contribution >= 4 is 18.9 Å². The Morgan fingerprint density at radius 1 is 0.635 bits per heavy atom. The Kier molecular flexibility index (Phi) is 16.3. The molecule has 4 aromatic rings. The van der Waals surface area contributed by atoms with Gasteiger partial charge in [0.15, 0.2) is 0 Å². The number of methoxy groups -OCH3 is 2. The largest absolute Gasteiger partial charge is 0.496 e. The predicted octanol–water partition coefficient (Wildman–Crippen LogP) is 13.2. The van der Waals surface area contributed by atoms with Crippen molar-refractivity contribution in [1.29, 1.82) is 0 Å². The normalized spacial score (nSPS) is 15.4. The number of nitrogen functional groups attached to an aromatic ring is 1. The van der Waals surface area contributed by atoms with Crippen molar-refractivity contribution in [2.75, 3.05) is 20.0 Å². The van der Waals surface area contributed by atoms with Crippen molar-refractivity contribution < 1.29 is 29.9 Å². The molecule has 52 heavy (non-hydrogen) atoms. The molecule has 2 aliphatic carbocycles. The quantitative estimate of drug-likeness (QED) is 0.0751. The zero-order chi connectivity index (χ0) is 36.5. The van der Waals surface area contributed by atoms with Gasteiger partial charge in [-0.3, -0.25) is 0 Å². The predicted molar refractivity (Wildman–Crippen MR) is 223 cm³/mol. The minimum absolute atomic E-state index is 0. The van der Waals surface area contributed by atoms with Gasteiger partial charge in [0.1, 0.15) is 11.5 Å². The van der Waals surface area contributed by atoms with Crippen LogP contribution in [-0.2, 0) is 20.4 Å². The van der Waals surface area contributed by atoms with Gasteiger partial charge in [-0.15, -0.1) is 35.9 Å². The number of hydrogen-bond acceptors (Lipinski definition) is 3. The summed E-state index contributed by atoms with van der Waals surface area (Å²) in [5.74, 6) is 3.50. The van der Waals surface area contributed by atoms with Gasteiger partial charge in [0.05, 0.1) is 14.2 Å². The third-order valence-electron chi connectivity index (χ3n) is 11.1. The summed E-state index contributed by atoms with van der Waals surface area (Å²) >= 11 is 0. The van der Waals surface area contributed by atoms with Gasteiger partial charge in [0.2, 0.25) is 0 Å². The zero-order valence-electron chi connectivity index (χ0n) is 33.0. The molecule has 0 heterocycles. The summed E-state index contributed by atoms with van der Waals surface area (Å²) in [5, 5.41) is 1.52. The molecular formula is C47H63NO2PPd-. The average molecular weight is 811 g/mol. The molecule has 0 atom stereocenters. The van der Waals surface area contributed by atoms with Crippen LogP contribution in [0.15, 0.2) is 72.8 Å². The van der Waals surface area contributed by atoms with Crippen LogP contribution < -0.4 is 20.5 Å². The minimum Gasteiger partial charge on any atom is -0.496 e. The van der Waals surface area contributed by atoms with E-state index in [0.29, 0.717) is 17.8 Å². The zero-order valence-corrected chi connectivity index (χ0v) is 35.5. The Balaban J connectivity index is 0.000000362. The number of para-hydroxylation sites is 1. The van der Waals surface area contributed by atoms with Crippen molar-refractivity contribution in [2.24, 2.45) is 0 Å². The standard InChI is InChI=1S/C35H53O2P.C12H10N.Pd/c1-23(2)26-21-29(24(3)4)33(30(22-26)25(5)6)34-31(36-7)19-20-32(37-8)35(34)38(27-15-11-9-12-16-27)28-17-13-10-14-18-28;13-12-9-5-4-8-11(12)10-6-2-1-3-7-10;/h19-25,27-28H,9-18H2,1-8H3;1-6,8-9H,13H2;/q;-1;. The summed E-state index contributed by atoms with van der Waals surface area (Å²) in [6, 6.07) is 28.2. The molecule has 2 aliphatic rings. The van der Waals surface area contributed by atoms with Crippen LogP contribution in [0.5, 0.6) is 11.5 Å². The van der Waals surface area contributed by atoms with Crippen LogP contribution in [0.4, 0.5) is 5.69 Å². The number of benzene rings is 4. The van der Waals surface area contributed by atoms with Crippen LogP contribution in [0.1, 0.15) is 140 Å². The van der Waals surface area contributed by atoms with E-state index in [1.54, 1.807) is 0 Å². The molecule has 0 aromatic heterocycles. The summed E-state index contributed by atoms with van der Waals surface area (Å²) < 4.78 is 12.6. The van der Waals surface area contributed by atoms with E-state index in [9.17, 15) is 0 Å². The van der Waals surface area contributed by atoms with Gasteiger partial charge in [0, 0.05) is 31.3 Å². The molecule has 3 nitrogen and oxygen atoms in total. The monoisotopic (exact) mass is 810 g/mol. The molecule has 0 radical (unpaired) electrons. The summed E-state index contributed by atoms with van der Waals surface area (Å²) in [7, 11) is 3.38. The minimum atomic E-state index is -0.373. The summed E-state index contributed by atoms with van der Waals surface area (Å²) in [6.07, 6.45) is 13.8. The molecule has 5 heteroatoms. The van der Waals surface area contributed by atoms with E-state index in [1.807, 2.05) is 62.8 Å². The first-order valence-corrected chi connectivity index (χ1v) is 21.2. The van der Waals surface area contributed by atoms with Gasteiger partial charge >= 0.3 is 0 Å². The van der Waals surface area contributed by atoms with Crippen LogP contribution in [0.2, 0.25) is 0 Å². The molecule has 0 saturated heterocycles. The van der Waals surface area contributed by atoms with Crippen LogP contribution >= 0.6 is 7.92 Å². The van der Waals surface area contributed by atoms with Crippen molar-refractivity contribution in [3.8, 4) is 33.8 Å². The number of anilines is 1. The van der Waals surface area contributed by atoms with E-state index < -0.39 is 0 Å². The second kappa shape index (κ2) is 20.2. The molecule has 284 valence electrons. The van der Waals surface area contributed by atoms with Gasteiger partial charge in [-0.25, -0.2) is 0 Å². The smallest absolute Gasteiger partial charge is 0.127 e. The van der Waals surface area contributed by atoms with Crippen molar-refractivity contribution in [3.63, 3.8) is 0 Å². The number of hydrogen-bond donors (Lipinski definition) is 1. The van der Waals surface area contributed by atoms with Crippen LogP contribution in [0.3, 0.4) is 0 Å². The number of rotatable bonds is 10. The van der Waals surface area contributed by atoms with E-state index in [2.05, 4.69) is 71.9 Å². The van der Waals surface area contributed by atoms with Crippen molar-refractivity contribution in [1.82, 2.24) is 0 Å². The molecule has 0 aliphatic heterocycles. The Morgan fingerprint density at radius 3 is 1.62 bits per heavy atom. The van der Waals surface area contributed by atoms with E-state index in [4.69, 9.17) is 15.2 Å². The van der Waals surface area contributed by atoms with Crippen LogP contribution in [-0.4, -0.2) is 25.5 Å². The van der Waals surface area contributed by atoms with Crippen LogP contribution in [0, 0.1) is 6.07 Å². The van der Waals surface area contributed by atoms with E-state index >= 15 is 0 Å². The fourth-order valence-electron chi connectivity index (χ4n) is 8.32. The first-order valence-electron chi connectivity index (χ1n) is 19.7. The van der Waals surface area contributed by atoms with Gasteiger partial charge in [-0.2, -0.15) is 0 Å². The van der Waals surface area contributed by atoms with Crippen molar-refractivity contribution in [2.45, 2.75) is 135 Å². The van der Waals surface area contributed by atoms with E-state index in [0.717, 1.165) is 39.6 Å². The summed E-state index contributed by atoms with van der Waals surface area (Å²) in [6.45, 7) is 14.1. The van der Waals surface area contributed by atoms with Gasteiger partial charge in [-0.05, 0) is 101 Å². The summed E-state index contributed by atoms with van der Waals surface area (Å²) in [4.78, 5) is 0. The number of ether oxygens (including phenoxy) is 2. The van der Waals surface area contributed by atoms with Crippen LogP contribution in [0.25, 0.3) is 22.3 Å². The first kappa shape index (κ1) is 42.1. The molecule has 2 N–H and O–H groups in total. The second-order valence-corrected chi connectivity index (χ2v) is 18.3. The molecule has 6 rings (SSSR count). The SMILES string of the molecule is COc1ccc(OC)c(P(C2CCCCC2)C2CCCCC2)c1-c1c(C(C)C)cc(C(C)C)cc1C(C)C.Nc1ccccc1-c1[c-]cccc1.[Pd]. The first-order chi connectivity index (χ1) is 24.7. The molecule has 4 aromatic carbocycles. The Morgan fingerprint density at radius 2 is 1.15 bits per heavy atom. The molecule has 2 fully saturated rings. The Labute approximate surface area is 331 Å². The average Bonchev–Trinajstić information content (AvgIpc) is 3.15. The van der Waals surface area contributed by atoms with Gasteiger partial charge in [0.25, 0.3) is 0 Å². The maximum absolute atomic E-state index is 6.29. The fourth-order valence-corrected chi connectivity index (χ4v) is 12.4. The second-order valence-electron chi connectivity index (χ2n) is 15.6. The third kappa shape index (κ3) is 9.91. The Hall–Kier alpha value is -2.63. The number of nitrogens with two attached hydrogens (primary N) is 1. The Bertz CT molecular complexity index is 1640. The molecule has 0 amide bonds. The molecular weight excluding hydrogens is 748 g/mol. The van der Waals surface area contributed by atoms with Crippen molar-refractivity contribution in [3.05, 3.63) is 95.6 Å². The maximum atomic E-state index is 6.29.